The normalized spacial score (nSPS) is 17.9. The molecule has 0 aliphatic carbocycles. The van der Waals surface area contributed by atoms with Crippen molar-refractivity contribution in [1.29, 1.82) is 0 Å². The van der Waals surface area contributed by atoms with Crippen molar-refractivity contribution in [3.05, 3.63) is 66.8 Å². The first-order chi connectivity index (χ1) is 21.4. The minimum atomic E-state index is -4.09. The van der Waals surface area contributed by atoms with Crippen molar-refractivity contribution in [3.63, 3.8) is 0 Å². The summed E-state index contributed by atoms with van der Waals surface area (Å²) in [6, 6.07) is 12.9. The van der Waals surface area contributed by atoms with Gasteiger partial charge in [-0.1, -0.05) is 18.2 Å². The van der Waals surface area contributed by atoms with E-state index in [-0.39, 0.29) is 40.1 Å². The highest BCUT2D eigenvalue weighted by atomic mass is 32.2. The fraction of sp³-hybridized carbons (Fsp3) is 0.310. The molecule has 45 heavy (non-hydrogen) atoms. The Kier molecular flexibility index (Phi) is 8.07. The topological polar surface area (TPSA) is 172 Å². The van der Waals surface area contributed by atoms with Crippen LogP contribution in [0.15, 0.2) is 70.2 Å². The number of nitrogens with one attached hydrogen (secondary N) is 1. The zero-order valence-corrected chi connectivity index (χ0v) is 26.5. The van der Waals surface area contributed by atoms with Gasteiger partial charge in [-0.25, -0.2) is 13.4 Å². The molecule has 4 heterocycles. The van der Waals surface area contributed by atoms with Crippen LogP contribution in [-0.4, -0.2) is 84.8 Å². The molecule has 0 saturated carbocycles. The van der Waals surface area contributed by atoms with Gasteiger partial charge in [-0.2, -0.15) is 17.6 Å². The second-order valence-corrected chi connectivity index (χ2v) is 14.4. The Morgan fingerprint density at radius 3 is 2.40 bits per heavy atom. The average Bonchev–Trinajstić information content (AvgIpc) is 3.63. The number of anilines is 1. The summed E-state index contributed by atoms with van der Waals surface area (Å²) in [6.45, 7) is 5.85. The van der Waals surface area contributed by atoms with Gasteiger partial charge in [-0.3, -0.25) is 9.62 Å². The van der Waals surface area contributed by atoms with E-state index in [4.69, 9.17) is 13.9 Å². The fourth-order valence-corrected chi connectivity index (χ4v) is 7.24. The predicted octanol–water partition coefficient (Wildman–Crippen LogP) is 3.37. The molecule has 3 aromatic heterocycles. The monoisotopic (exact) mass is 653 g/mol. The molecule has 5 aromatic rings. The van der Waals surface area contributed by atoms with Crippen LogP contribution in [0.5, 0.6) is 5.88 Å². The number of methoxy groups -OCH3 is 1. The van der Waals surface area contributed by atoms with Gasteiger partial charge in [0.15, 0.2) is 0 Å². The Morgan fingerprint density at radius 1 is 0.978 bits per heavy atom. The summed E-state index contributed by atoms with van der Waals surface area (Å²) < 4.78 is 72.1. The second-order valence-electron chi connectivity index (χ2n) is 10.9. The minimum Gasteiger partial charge on any atom is -0.480 e. The summed E-state index contributed by atoms with van der Waals surface area (Å²) in [4.78, 5) is 6.50. The lowest BCUT2D eigenvalue weighted by Gasteiger charge is -2.34. The van der Waals surface area contributed by atoms with Gasteiger partial charge in [-0.05, 0) is 49.7 Å². The molecule has 16 heteroatoms. The maximum Gasteiger partial charge on any atom is 0.283 e. The van der Waals surface area contributed by atoms with Crippen LogP contribution in [0.1, 0.15) is 19.7 Å². The smallest absolute Gasteiger partial charge is 0.283 e. The highest BCUT2D eigenvalue weighted by molar-refractivity contribution is 7.92. The number of rotatable bonds is 9. The molecule has 0 spiro atoms. The molecule has 14 nitrogen and oxygen atoms in total. The lowest BCUT2D eigenvalue weighted by molar-refractivity contribution is -0.0721. The maximum absolute atomic E-state index is 13.7. The van der Waals surface area contributed by atoms with Gasteiger partial charge >= 0.3 is 0 Å². The largest absolute Gasteiger partial charge is 0.480 e. The van der Waals surface area contributed by atoms with E-state index in [1.54, 1.807) is 36.4 Å². The quantitative estimate of drug-likeness (QED) is 0.246. The third-order valence-electron chi connectivity index (χ3n) is 7.15. The molecule has 1 aliphatic rings. The first-order valence-corrected chi connectivity index (χ1v) is 17.3. The summed E-state index contributed by atoms with van der Waals surface area (Å²) in [7, 11) is -6.39. The van der Waals surface area contributed by atoms with Crippen molar-refractivity contribution < 1.29 is 30.7 Å². The standard InChI is InChI=1S/C29H31N7O7S2/c1-18-15-35(16-19(2)42-18)17-27-32-33-28(43-27)23-10-20(21-11-25(34-44(4,37)38)29(41-3)30-13-21)12-26-24(23)14-31-36(26)45(39,40)22-8-6-5-7-9-22/h5-14,18-19,34H,15-17H2,1-4H3/t18-,19+. The maximum atomic E-state index is 13.7. The van der Waals surface area contributed by atoms with E-state index in [1.165, 1.54) is 31.6 Å². The van der Waals surface area contributed by atoms with Crippen molar-refractivity contribution in [2.75, 3.05) is 31.2 Å². The minimum absolute atomic E-state index is 0.0572. The molecular formula is C29H31N7O7S2. The molecular weight excluding hydrogens is 622 g/mol. The fourth-order valence-electron chi connectivity index (χ4n) is 5.41. The number of morpholine rings is 1. The Balaban J connectivity index is 1.49. The zero-order valence-electron chi connectivity index (χ0n) is 24.9. The Labute approximate surface area is 260 Å². The molecule has 1 N–H and O–H groups in total. The zero-order chi connectivity index (χ0) is 31.9. The lowest BCUT2D eigenvalue weighted by Crippen LogP contribution is -2.44. The molecule has 2 atom stereocenters. The van der Waals surface area contributed by atoms with E-state index in [9.17, 15) is 16.8 Å². The lowest BCUT2D eigenvalue weighted by atomic mass is 10.0. The third kappa shape index (κ3) is 6.40. The van der Waals surface area contributed by atoms with E-state index in [0.29, 0.717) is 47.6 Å². The molecule has 0 bridgehead atoms. The molecule has 0 radical (unpaired) electrons. The summed E-state index contributed by atoms with van der Waals surface area (Å²) in [5.74, 6) is 0.620. The van der Waals surface area contributed by atoms with Gasteiger partial charge in [0.05, 0.1) is 54.3 Å². The van der Waals surface area contributed by atoms with Crippen LogP contribution in [0.3, 0.4) is 0 Å². The van der Waals surface area contributed by atoms with Crippen molar-refractivity contribution in [2.45, 2.75) is 37.5 Å². The first kappa shape index (κ1) is 30.6. The van der Waals surface area contributed by atoms with Gasteiger partial charge in [0.1, 0.15) is 5.69 Å². The number of pyridine rings is 1. The van der Waals surface area contributed by atoms with Crippen LogP contribution in [0.4, 0.5) is 5.69 Å². The first-order valence-electron chi connectivity index (χ1n) is 14.0. The third-order valence-corrected chi connectivity index (χ3v) is 9.35. The summed E-state index contributed by atoms with van der Waals surface area (Å²) in [5, 5.41) is 13.3. The highest BCUT2D eigenvalue weighted by Gasteiger charge is 2.26. The number of fused-ring (bicyclic) bond motifs is 1. The van der Waals surface area contributed by atoms with Gasteiger partial charge in [-0.15, -0.1) is 10.2 Å². The van der Waals surface area contributed by atoms with Crippen LogP contribution in [0.25, 0.3) is 33.5 Å². The number of aromatic nitrogens is 5. The molecule has 1 fully saturated rings. The van der Waals surface area contributed by atoms with Gasteiger partial charge in [0.2, 0.25) is 27.7 Å². The molecule has 1 saturated heterocycles. The Morgan fingerprint density at radius 2 is 1.71 bits per heavy atom. The molecule has 1 aliphatic heterocycles. The van der Waals surface area contributed by atoms with E-state index in [2.05, 4.69) is 29.9 Å². The Bertz CT molecular complexity index is 2070. The number of benzene rings is 2. The number of sulfonamides is 1. The van der Waals surface area contributed by atoms with Crippen LogP contribution in [0, 0.1) is 0 Å². The van der Waals surface area contributed by atoms with Crippen molar-refractivity contribution in [1.82, 2.24) is 29.3 Å². The van der Waals surface area contributed by atoms with E-state index < -0.39 is 20.0 Å². The molecule has 6 rings (SSSR count). The van der Waals surface area contributed by atoms with Crippen molar-refractivity contribution >= 4 is 36.6 Å². The van der Waals surface area contributed by atoms with E-state index >= 15 is 0 Å². The van der Waals surface area contributed by atoms with Crippen LogP contribution >= 0.6 is 0 Å². The molecule has 236 valence electrons. The predicted molar refractivity (Wildman–Crippen MR) is 166 cm³/mol. The van der Waals surface area contributed by atoms with Gasteiger partial charge in [0, 0.05) is 30.2 Å². The number of nitrogens with zero attached hydrogens (tertiary/aromatic N) is 6. The van der Waals surface area contributed by atoms with Gasteiger partial charge < -0.3 is 13.9 Å². The average molecular weight is 654 g/mol. The highest BCUT2D eigenvalue weighted by Crippen LogP contribution is 2.37. The molecule has 0 unspecified atom stereocenters. The number of ether oxygens (including phenoxy) is 2. The van der Waals surface area contributed by atoms with Crippen LogP contribution < -0.4 is 9.46 Å². The molecule has 2 aromatic carbocycles. The van der Waals surface area contributed by atoms with E-state index in [0.717, 1.165) is 10.3 Å². The second kappa shape index (κ2) is 11.8. The summed E-state index contributed by atoms with van der Waals surface area (Å²) in [6.07, 6.45) is 4.06. The van der Waals surface area contributed by atoms with Crippen LogP contribution in [0.2, 0.25) is 0 Å². The number of hydrogen-bond acceptors (Lipinski definition) is 12. The molecule has 0 amide bonds. The van der Waals surface area contributed by atoms with Crippen LogP contribution in [-0.2, 0) is 31.3 Å². The van der Waals surface area contributed by atoms with Gasteiger partial charge in [0.25, 0.3) is 10.0 Å². The number of hydrogen-bond donors (Lipinski definition) is 1. The van der Waals surface area contributed by atoms with Crippen molar-refractivity contribution in [3.8, 4) is 28.5 Å². The summed E-state index contributed by atoms with van der Waals surface area (Å²) >= 11 is 0. The van der Waals surface area contributed by atoms with E-state index in [1.807, 2.05) is 13.8 Å². The van der Waals surface area contributed by atoms with Crippen molar-refractivity contribution in [2.24, 2.45) is 0 Å². The Hall–Kier alpha value is -4.38. The summed E-state index contributed by atoms with van der Waals surface area (Å²) in [5.41, 5.74) is 1.75. The SMILES string of the molecule is COc1ncc(-c2cc(-c3nnc(CN4C[C@@H](C)O[C@@H](C)C4)o3)c3cnn(S(=O)(=O)c4ccccc4)c3c2)cc1NS(C)(=O)=O.